The molecule has 1 amide bonds. The van der Waals surface area contributed by atoms with Crippen molar-refractivity contribution < 1.29 is 17.9 Å². The van der Waals surface area contributed by atoms with Crippen molar-refractivity contribution in [2.24, 2.45) is 5.92 Å². The summed E-state index contributed by atoms with van der Waals surface area (Å²) in [6.07, 6.45) is 4.54. The van der Waals surface area contributed by atoms with Crippen molar-refractivity contribution in [3.63, 3.8) is 0 Å². The summed E-state index contributed by atoms with van der Waals surface area (Å²) >= 11 is 0. The summed E-state index contributed by atoms with van der Waals surface area (Å²) in [7, 11) is -3.16. The number of rotatable bonds is 4. The van der Waals surface area contributed by atoms with E-state index >= 15 is 0 Å². The second-order valence-electron chi connectivity index (χ2n) is 6.90. The van der Waals surface area contributed by atoms with Gasteiger partial charge < -0.3 is 9.64 Å². The van der Waals surface area contributed by atoms with Gasteiger partial charge in [0.25, 0.3) is 5.91 Å². The number of sulfonamides is 1. The summed E-state index contributed by atoms with van der Waals surface area (Å²) in [4.78, 5) is 18.3. The van der Waals surface area contributed by atoms with E-state index < -0.39 is 10.0 Å². The lowest BCUT2D eigenvalue weighted by Gasteiger charge is -2.52. The molecule has 3 heterocycles. The van der Waals surface area contributed by atoms with Gasteiger partial charge in [-0.25, -0.2) is 13.1 Å². The maximum Gasteiger partial charge on any atom is 0.272 e. The van der Waals surface area contributed by atoms with Gasteiger partial charge in [-0.15, -0.1) is 0 Å². The number of nitrogens with one attached hydrogen (secondary N) is 1. The third kappa shape index (κ3) is 3.93. The number of aromatic nitrogens is 1. The molecule has 24 heavy (non-hydrogen) atoms. The number of carbonyl (C=O) groups excluding carboxylic acids is 1. The summed E-state index contributed by atoms with van der Waals surface area (Å²) in [5.41, 5.74) is 1.22. The van der Waals surface area contributed by atoms with Gasteiger partial charge in [0.1, 0.15) is 11.3 Å². The zero-order chi connectivity index (χ0) is 17.4. The minimum absolute atomic E-state index is 0.0613. The topological polar surface area (TPSA) is 88.6 Å². The molecule has 1 aromatic heterocycles. The number of amides is 1. The predicted molar refractivity (Wildman–Crippen MR) is 89.1 cm³/mol. The molecule has 0 unspecified atom stereocenters. The van der Waals surface area contributed by atoms with E-state index in [-0.39, 0.29) is 17.4 Å². The number of hydrogen-bond acceptors (Lipinski definition) is 5. The van der Waals surface area contributed by atoms with Gasteiger partial charge in [0.2, 0.25) is 10.0 Å². The summed E-state index contributed by atoms with van der Waals surface area (Å²) in [6, 6.07) is 3.66. The molecule has 0 bridgehead atoms. The van der Waals surface area contributed by atoms with Gasteiger partial charge in [0, 0.05) is 12.7 Å². The maximum absolute atomic E-state index is 12.4. The molecule has 1 N–H and O–H groups in total. The van der Waals surface area contributed by atoms with E-state index in [1.807, 2.05) is 13.0 Å². The zero-order valence-corrected chi connectivity index (χ0v) is 14.8. The van der Waals surface area contributed by atoms with Crippen LogP contribution in [0.2, 0.25) is 0 Å². The fraction of sp³-hybridized carbons (Fsp3) is 0.625. The molecule has 0 aromatic carbocycles. The second-order valence-corrected chi connectivity index (χ2v) is 8.73. The molecule has 0 radical (unpaired) electrons. The van der Waals surface area contributed by atoms with Crippen LogP contribution < -0.4 is 4.72 Å². The molecular formula is C16H23N3O4S. The van der Waals surface area contributed by atoms with E-state index in [0.717, 1.165) is 24.7 Å². The molecule has 8 heteroatoms. The quantitative estimate of drug-likeness (QED) is 0.854. The summed E-state index contributed by atoms with van der Waals surface area (Å²) in [5.74, 6) is 0.127. The third-order valence-corrected chi connectivity index (χ3v) is 5.34. The number of ether oxygens (including phenoxy) is 1. The molecule has 1 atom stereocenters. The van der Waals surface area contributed by atoms with Gasteiger partial charge in [-0.3, -0.25) is 9.78 Å². The van der Waals surface area contributed by atoms with Crippen molar-refractivity contribution in [3.8, 4) is 0 Å². The standard InChI is InChI=1S/C16H23N3O4S/c1-12-4-6-17-14(7-12)15(20)19-10-16(11-19)5-3-13(9-23-16)8-18-24(2,21)22/h4,6-7,13,18H,3,5,8-11H2,1-2H3/t13-/m1/s1. The largest absolute Gasteiger partial charge is 0.371 e. The highest BCUT2D eigenvalue weighted by Crippen LogP contribution is 2.36. The van der Waals surface area contributed by atoms with Gasteiger partial charge in [-0.1, -0.05) is 0 Å². The molecular weight excluding hydrogens is 330 g/mol. The molecule has 2 aliphatic heterocycles. The number of hydrogen-bond donors (Lipinski definition) is 1. The monoisotopic (exact) mass is 353 g/mol. The fourth-order valence-corrected chi connectivity index (χ4v) is 3.74. The minimum Gasteiger partial charge on any atom is -0.371 e. The fourth-order valence-electron chi connectivity index (χ4n) is 3.21. The molecule has 7 nitrogen and oxygen atoms in total. The molecule has 1 aromatic rings. The third-order valence-electron chi connectivity index (χ3n) is 4.65. The van der Waals surface area contributed by atoms with Gasteiger partial charge in [-0.2, -0.15) is 0 Å². The van der Waals surface area contributed by atoms with Crippen molar-refractivity contribution in [1.29, 1.82) is 0 Å². The van der Waals surface area contributed by atoms with Gasteiger partial charge in [-0.05, 0) is 43.4 Å². The summed E-state index contributed by atoms with van der Waals surface area (Å²) in [5, 5.41) is 0. The van der Waals surface area contributed by atoms with Crippen LogP contribution in [0.1, 0.15) is 28.9 Å². The van der Waals surface area contributed by atoms with Crippen molar-refractivity contribution in [2.75, 3.05) is 32.5 Å². The Kier molecular flexibility index (Phi) is 4.63. The Hall–Kier alpha value is -1.51. The summed E-state index contributed by atoms with van der Waals surface area (Å²) in [6.45, 7) is 4.02. The summed E-state index contributed by atoms with van der Waals surface area (Å²) < 4.78 is 30.8. The number of pyridine rings is 1. The lowest BCUT2D eigenvalue weighted by atomic mass is 9.83. The van der Waals surface area contributed by atoms with Crippen LogP contribution in [0.4, 0.5) is 0 Å². The van der Waals surface area contributed by atoms with Gasteiger partial charge in [0.15, 0.2) is 0 Å². The van der Waals surface area contributed by atoms with Crippen LogP contribution in [0.25, 0.3) is 0 Å². The Bertz CT molecular complexity index is 719. The van der Waals surface area contributed by atoms with E-state index in [2.05, 4.69) is 9.71 Å². The first-order chi connectivity index (χ1) is 11.3. The van der Waals surface area contributed by atoms with Crippen molar-refractivity contribution in [2.45, 2.75) is 25.4 Å². The molecule has 2 saturated heterocycles. The highest BCUT2D eigenvalue weighted by atomic mass is 32.2. The normalized spacial score (nSPS) is 23.1. The first-order valence-electron chi connectivity index (χ1n) is 8.07. The average Bonchev–Trinajstić information content (AvgIpc) is 2.50. The van der Waals surface area contributed by atoms with Crippen LogP contribution >= 0.6 is 0 Å². The molecule has 1 spiro atoms. The number of carbonyl (C=O) groups is 1. The molecule has 2 aliphatic rings. The number of nitrogens with zero attached hydrogens (tertiary/aromatic N) is 2. The van der Waals surface area contributed by atoms with Crippen LogP contribution in [0, 0.1) is 12.8 Å². The van der Waals surface area contributed by atoms with Crippen LogP contribution in [-0.2, 0) is 14.8 Å². The van der Waals surface area contributed by atoms with Crippen LogP contribution in [0.15, 0.2) is 18.3 Å². The minimum atomic E-state index is -3.16. The lowest BCUT2D eigenvalue weighted by molar-refractivity contribution is -0.166. The van der Waals surface area contributed by atoms with E-state index in [1.165, 1.54) is 0 Å². The maximum atomic E-state index is 12.4. The SMILES string of the molecule is Cc1ccnc(C(=O)N2CC3(CC[C@H](CNS(C)(=O)=O)CO3)C2)c1. The van der Waals surface area contributed by atoms with E-state index in [4.69, 9.17) is 4.74 Å². The van der Waals surface area contributed by atoms with Crippen molar-refractivity contribution in [1.82, 2.24) is 14.6 Å². The second kappa shape index (κ2) is 6.42. The number of aryl methyl sites for hydroxylation is 1. The Morgan fingerprint density at radius 3 is 2.83 bits per heavy atom. The van der Waals surface area contributed by atoms with E-state index in [0.29, 0.717) is 31.9 Å². The first-order valence-corrected chi connectivity index (χ1v) is 9.96. The van der Waals surface area contributed by atoms with Crippen molar-refractivity contribution >= 4 is 15.9 Å². The lowest BCUT2D eigenvalue weighted by Crippen LogP contribution is -2.66. The van der Waals surface area contributed by atoms with Crippen molar-refractivity contribution in [3.05, 3.63) is 29.6 Å². The molecule has 0 saturated carbocycles. The molecule has 0 aliphatic carbocycles. The first kappa shape index (κ1) is 17.3. The molecule has 132 valence electrons. The Morgan fingerprint density at radius 1 is 1.50 bits per heavy atom. The van der Waals surface area contributed by atoms with Crippen LogP contribution in [0.5, 0.6) is 0 Å². The van der Waals surface area contributed by atoms with Crippen LogP contribution in [-0.4, -0.2) is 62.3 Å². The average molecular weight is 353 g/mol. The molecule has 3 rings (SSSR count). The zero-order valence-electron chi connectivity index (χ0n) is 14.0. The van der Waals surface area contributed by atoms with Gasteiger partial charge in [0.05, 0.1) is 26.0 Å². The van der Waals surface area contributed by atoms with Crippen LogP contribution in [0.3, 0.4) is 0 Å². The Morgan fingerprint density at radius 2 is 2.25 bits per heavy atom. The Labute approximate surface area is 142 Å². The van der Waals surface area contributed by atoms with E-state index in [9.17, 15) is 13.2 Å². The predicted octanol–water partition coefficient (Wildman–Crippen LogP) is 0.560. The smallest absolute Gasteiger partial charge is 0.272 e. The highest BCUT2D eigenvalue weighted by Gasteiger charge is 2.48. The van der Waals surface area contributed by atoms with Gasteiger partial charge >= 0.3 is 0 Å². The van der Waals surface area contributed by atoms with E-state index in [1.54, 1.807) is 17.2 Å². The highest BCUT2D eigenvalue weighted by molar-refractivity contribution is 7.88. The number of likely N-dealkylation sites (tertiary alicyclic amines) is 1. The Balaban J connectivity index is 1.49. The molecule has 2 fully saturated rings.